The first-order chi connectivity index (χ1) is 12.4. The van der Waals surface area contributed by atoms with Gasteiger partial charge in [-0.3, -0.25) is 4.79 Å². The minimum Gasteiger partial charge on any atom is -0.467 e. The number of nitrogens with one attached hydrogen (secondary N) is 1. The maximum Gasteiger partial charge on any atom is 0.350 e. The topological polar surface area (TPSA) is 81.7 Å². The van der Waals surface area contributed by atoms with Crippen LogP contribution in [-0.4, -0.2) is 37.6 Å². The van der Waals surface area contributed by atoms with Crippen molar-refractivity contribution < 1.29 is 23.9 Å². The predicted octanol–water partition coefficient (Wildman–Crippen LogP) is 3.42. The normalized spacial score (nSPS) is 13.1. The van der Waals surface area contributed by atoms with Crippen LogP contribution in [0.5, 0.6) is 0 Å². The molecule has 140 valence electrons. The summed E-state index contributed by atoms with van der Waals surface area (Å²) in [5.41, 5.74) is 0. The van der Waals surface area contributed by atoms with Gasteiger partial charge in [0.05, 0.1) is 12.1 Å². The Bertz CT molecular complexity index is 819. The van der Waals surface area contributed by atoms with Gasteiger partial charge in [0, 0.05) is 10.1 Å². The van der Waals surface area contributed by atoms with Crippen LogP contribution in [0.15, 0.2) is 24.3 Å². The first-order valence-corrected chi connectivity index (χ1v) is 9.29. The number of carbonyl (C=O) groups excluding carboxylic acids is 3. The van der Waals surface area contributed by atoms with Gasteiger partial charge in [-0.05, 0) is 12.0 Å². The van der Waals surface area contributed by atoms with Crippen molar-refractivity contribution in [2.24, 2.45) is 5.92 Å². The Morgan fingerprint density at radius 1 is 1.27 bits per heavy atom. The molecule has 6 nitrogen and oxygen atoms in total. The Morgan fingerprint density at radius 2 is 1.96 bits per heavy atom. The van der Waals surface area contributed by atoms with Crippen molar-refractivity contribution in [1.82, 2.24) is 5.32 Å². The third-order valence-corrected chi connectivity index (χ3v) is 5.69. The van der Waals surface area contributed by atoms with Crippen molar-refractivity contribution in [3.8, 4) is 0 Å². The van der Waals surface area contributed by atoms with Crippen molar-refractivity contribution in [3.05, 3.63) is 34.2 Å². The number of methoxy groups -OCH3 is 1. The lowest BCUT2D eigenvalue weighted by Gasteiger charge is -2.21. The monoisotopic (exact) mass is 397 g/mol. The number of carbonyl (C=O) groups is 3. The fraction of sp³-hybridized carbons (Fsp3) is 0.389. The molecule has 0 unspecified atom stereocenters. The van der Waals surface area contributed by atoms with Gasteiger partial charge in [0.1, 0.15) is 10.9 Å². The molecule has 26 heavy (non-hydrogen) atoms. The molecule has 8 heteroatoms. The molecule has 0 saturated heterocycles. The molecule has 1 heterocycles. The molecule has 0 aliphatic heterocycles. The highest BCUT2D eigenvalue weighted by atomic mass is 35.5. The minimum atomic E-state index is -0.788. The van der Waals surface area contributed by atoms with E-state index in [0.717, 1.165) is 10.1 Å². The molecule has 0 fully saturated rings. The van der Waals surface area contributed by atoms with Crippen molar-refractivity contribution in [1.29, 1.82) is 0 Å². The van der Waals surface area contributed by atoms with E-state index in [1.165, 1.54) is 18.4 Å². The Labute approximate surface area is 160 Å². The number of halogens is 1. The quantitative estimate of drug-likeness (QED) is 0.724. The number of benzene rings is 1. The largest absolute Gasteiger partial charge is 0.467 e. The van der Waals surface area contributed by atoms with Crippen molar-refractivity contribution >= 4 is 50.9 Å². The van der Waals surface area contributed by atoms with Gasteiger partial charge < -0.3 is 14.8 Å². The number of ether oxygens (including phenoxy) is 2. The van der Waals surface area contributed by atoms with Gasteiger partial charge in [0.15, 0.2) is 6.61 Å². The summed E-state index contributed by atoms with van der Waals surface area (Å²) in [4.78, 5) is 36.3. The van der Waals surface area contributed by atoms with E-state index in [9.17, 15) is 14.4 Å². The van der Waals surface area contributed by atoms with Gasteiger partial charge in [0.25, 0.3) is 5.91 Å². The summed E-state index contributed by atoms with van der Waals surface area (Å²) in [6.07, 6.45) is 0.678. The standard InChI is InChI=1S/C18H20ClNO5S/c1-4-10(2)15(17(22)24-3)20-13(21)9-25-18(23)16-14(19)11-7-5-6-8-12(11)26-16/h5-8,10,15H,4,9H2,1-3H3,(H,20,21)/t10-,15+/m1/s1. The van der Waals surface area contributed by atoms with E-state index in [0.29, 0.717) is 11.4 Å². The number of rotatable bonds is 7. The zero-order valence-corrected chi connectivity index (χ0v) is 16.3. The van der Waals surface area contributed by atoms with Gasteiger partial charge in [-0.1, -0.05) is 50.1 Å². The Kier molecular flexibility index (Phi) is 6.99. The number of thiophene rings is 1. The second-order valence-electron chi connectivity index (χ2n) is 5.77. The highest BCUT2D eigenvalue weighted by Crippen LogP contribution is 2.35. The second-order valence-corrected chi connectivity index (χ2v) is 7.20. The van der Waals surface area contributed by atoms with Crippen LogP contribution in [0.25, 0.3) is 10.1 Å². The van der Waals surface area contributed by atoms with Gasteiger partial charge >= 0.3 is 11.9 Å². The molecule has 1 N–H and O–H groups in total. The van der Waals surface area contributed by atoms with Gasteiger partial charge in [-0.25, -0.2) is 9.59 Å². The van der Waals surface area contributed by atoms with Crippen molar-refractivity contribution in [2.45, 2.75) is 26.3 Å². The Hall–Kier alpha value is -2.12. The molecule has 1 aromatic heterocycles. The van der Waals surface area contributed by atoms with E-state index in [4.69, 9.17) is 21.1 Å². The highest BCUT2D eigenvalue weighted by Gasteiger charge is 2.27. The lowest BCUT2D eigenvalue weighted by molar-refractivity contribution is -0.147. The molecule has 0 aliphatic carbocycles. The zero-order chi connectivity index (χ0) is 19.3. The number of hydrogen-bond donors (Lipinski definition) is 1. The average molecular weight is 398 g/mol. The number of esters is 2. The molecule has 2 rings (SSSR count). The zero-order valence-electron chi connectivity index (χ0n) is 14.7. The van der Waals surface area contributed by atoms with Crippen LogP contribution < -0.4 is 5.32 Å². The predicted molar refractivity (Wildman–Crippen MR) is 101 cm³/mol. The lowest BCUT2D eigenvalue weighted by Crippen LogP contribution is -2.47. The fourth-order valence-electron chi connectivity index (χ4n) is 2.35. The second kappa shape index (κ2) is 9.00. The lowest BCUT2D eigenvalue weighted by atomic mass is 9.99. The third-order valence-electron chi connectivity index (χ3n) is 4.04. The molecular weight excluding hydrogens is 378 g/mol. The van der Waals surface area contributed by atoms with Gasteiger partial charge in [-0.2, -0.15) is 0 Å². The van der Waals surface area contributed by atoms with Crippen molar-refractivity contribution in [3.63, 3.8) is 0 Å². The smallest absolute Gasteiger partial charge is 0.350 e. The van der Waals surface area contributed by atoms with Gasteiger partial charge in [0.2, 0.25) is 0 Å². The molecule has 0 spiro atoms. The minimum absolute atomic E-state index is 0.112. The van der Waals surface area contributed by atoms with Crippen molar-refractivity contribution in [2.75, 3.05) is 13.7 Å². The molecule has 2 atom stereocenters. The van der Waals surface area contributed by atoms with Crippen LogP contribution in [0.3, 0.4) is 0 Å². The maximum atomic E-state index is 12.2. The van der Waals surface area contributed by atoms with Crippen LogP contribution in [0.2, 0.25) is 5.02 Å². The molecule has 2 aromatic rings. The Morgan fingerprint density at radius 3 is 2.58 bits per heavy atom. The Balaban J connectivity index is 2.00. The van der Waals surface area contributed by atoms with Crippen LogP contribution in [0, 0.1) is 5.92 Å². The SMILES string of the molecule is CC[C@@H](C)[C@H](NC(=O)COC(=O)c1sc2ccccc2c1Cl)C(=O)OC. The summed E-state index contributed by atoms with van der Waals surface area (Å²) in [6, 6.07) is 6.54. The van der Waals surface area contributed by atoms with Crippen LogP contribution >= 0.6 is 22.9 Å². The average Bonchev–Trinajstić information content (AvgIpc) is 3.00. The van der Waals surface area contributed by atoms with E-state index < -0.39 is 30.5 Å². The molecule has 1 aromatic carbocycles. The molecule has 0 radical (unpaired) electrons. The van der Waals surface area contributed by atoms with E-state index in [1.54, 1.807) is 0 Å². The third kappa shape index (κ3) is 4.53. The van der Waals surface area contributed by atoms with Gasteiger partial charge in [-0.15, -0.1) is 11.3 Å². The summed E-state index contributed by atoms with van der Waals surface area (Å²) >= 11 is 7.42. The molecule has 0 aliphatic rings. The molecule has 1 amide bonds. The van der Waals surface area contributed by atoms with Crippen LogP contribution in [0.1, 0.15) is 29.9 Å². The summed E-state index contributed by atoms with van der Waals surface area (Å²) in [7, 11) is 1.26. The molecule has 0 saturated carbocycles. The number of fused-ring (bicyclic) bond motifs is 1. The van der Waals surface area contributed by atoms with E-state index in [2.05, 4.69) is 5.32 Å². The summed E-state index contributed by atoms with van der Waals surface area (Å²) < 4.78 is 10.6. The highest BCUT2D eigenvalue weighted by molar-refractivity contribution is 7.21. The molecule has 0 bridgehead atoms. The van der Waals surface area contributed by atoms with Crippen LogP contribution in [0.4, 0.5) is 0 Å². The first-order valence-electron chi connectivity index (χ1n) is 8.10. The summed E-state index contributed by atoms with van der Waals surface area (Å²) in [6.45, 7) is 3.22. The number of amides is 1. The summed E-state index contributed by atoms with van der Waals surface area (Å²) in [5.74, 6) is -1.90. The maximum absolute atomic E-state index is 12.2. The van der Waals surface area contributed by atoms with E-state index in [1.807, 2.05) is 38.1 Å². The fourth-order valence-corrected chi connectivity index (χ4v) is 3.76. The van der Waals surface area contributed by atoms with E-state index in [-0.39, 0.29) is 10.8 Å². The number of hydrogen-bond acceptors (Lipinski definition) is 6. The van der Waals surface area contributed by atoms with Crippen LogP contribution in [-0.2, 0) is 19.1 Å². The van der Waals surface area contributed by atoms with E-state index >= 15 is 0 Å². The molecular formula is C18H20ClNO5S. The summed E-state index contributed by atoms with van der Waals surface area (Å²) in [5, 5.41) is 3.62. The first kappa shape index (κ1) is 20.2.